The number of alkyl halides is 1. The molecule has 0 aliphatic rings. The van der Waals surface area contributed by atoms with E-state index < -0.39 is 6.03 Å². The maximum absolute atomic E-state index is 12.1. The fraction of sp³-hybridized carbons (Fsp3) is 0.0667. The highest BCUT2D eigenvalue weighted by Gasteiger charge is 2.07. The van der Waals surface area contributed by atoms with E-state index in [9.17, 15) is 9.59 Å². The molecular weight excluding hydrogens is 290 g/mol. The first-order chi connectivity index (χ1) is 10.1. The Morgan fingerprint density at radius 1 is 1.00 bits per heavy atom. The van der Waals surface area contributed by atoms with Crippen molar-refractivity contribution in [3.8, 4) is 0 Å². The molecule has 0 saturated carbocycles. The van der Waals surface area contributed by atoms with E-state index in [1.54, 1.807) is 42.5 Å². The summed E-state index contributed by atoms with van der Waals surface area (Å²) < 4.78 is 0. The lowest BCUT2D eigenvalue weighted by molar-refractivity contribution is 0.102. The van der Waals surface area contributed by atoms with Gasteiger partial charge in [0.05, 0.1) is 0 Å². The summed E-state index contributed by atoms with van der Waals surface area (Å²) >= 11 is 5.75. The molecule has 0 bridgehead atoms. The summed E-state index contributed by atoms with van der Waals surface area (Å²) in [5.74, 6) is 0.0947. The minimum atomic E-state index is -0.659. The molecule has 0 aliphatic heterocycles. The predicted molar refractivity (Wildman–Crippen MR) is 83.6 cm³/mol. The van der Waals surface area contributed by atoms with Crippen LogP contribution in [0, 0.1) is 0 Å². The Bertz CT molecular complexity index is 673. The molecule has 0 radical (unpaired) electrons. The van der Waals surface area contributed by atoms with E-state index in [4.69, 9.17) is 17.3 Å². The van der Waals surface area contributed by atoms with Crippen molar-refractivity contribution in [2.45, 2.75) is 5.88 Å². The van der Waals surface area contributed by atoms with Gasteiger partial charge in [-0.2, -0.15) is 0 Å². The van der Waals surface area contributed by atoms with Gasteiger partial charge in [0.1, 0.15) is 0 Å². The number of benzene rings is 2. The minimum absolute atomic E-state index is 0.252. The number of halogens is 1. The van der Waals surface area contributed by atoms with E-state index in [0.717, 1.165) is 5.56 Å². The third kappa shape index (κ3) is 4.22. The van der Waals surface area contributed by atoms with Crippen molar-refractivity contribution < 1.29 is 9.59 Å². The number of urea groups is 1. The highest BCUT2D eigenvalue weighted by Crippen LogP contribution is 2.16. The van der Waals surface area contributed by atoms with Crippen LogP contribution in [0.4, 0.5) is 16.2 Å². The van der Waals surface area contributed by atoms with Crippen molar-refractivity contribution >= 4 is 34.9 Å². The smallest absolute Gasteiger partial charge is 0.316 e. The van der Waals surface area contributed by atoms with E-state index in [-0.39, 0.29) is 5.91 Å². The van der Waals surface area contributed by atoms with Crippen LogP contribution in [0.2, 0.25) is 0 Å². The predicted octanol–water partition coefficient (Wildman–Crippen LogP) is 3.17. The highest BCUT2D eigenvalue weighted by molar-refractivity contribution is 6.17. The number of hydrogen-bond donors (Lipinski definition) is 3. The fourth-order valence-corrected chi connectivity index (χ4v) is 1.98. The van der Waals surface area contributed by atoms with E-state index >= 15 is 0 Å². The third-order valence-electron chi connectivity index (χ3n) is 2.73. The van der Waals surface area contributed by atoms with Crippen LogP contribution in [-0.2, 0) is 5.88 Å². The van der Waals surface area contributed by atoms with Gasteiger partial charge in [0.25, 0.3) is 5.91 Å². The average molecular weight is 304 g/mol. The van der Waals surface area contributed by atoms with Crippen molar-refractivity contribution in [1.29, 1.82) is 0 Å². The molecule has 0 saturated heterocycles. The quantitative estimate of drug-likeness (QED) is 0.758. The monoisotopic (exact) mass is 303 g/mol. The number of primary amides is 1. The summed E-state index contributed by atoms with van der Waals surface area (Å²) in [7, 11) is 0. The molecule has 0 fully saturated rings. The summed E-state index contributed by atoms with van der Waals surface area (Å²) in [6, 6.07) is 13.1. The number of amides is 3. The highest BCUT2D eigenvalue weighted by atomic mass is 35.5. The van der Waals surface area contributed by atoms with Gasteiger partial charge in [-0.15, -0.1) is 11.6 Å². The first-order valence-corrected chi connectivity index (χ1v) is 6.74. The summed E-state index contributed by atoms with van der Waals surface area (Å²) in [6.45, 7) is 0. The SMILES string of the molecule is NC(=O)Nc1cccc(NC(=O)c2cccc(CCl)c2)c1. The van der Waals surface area contributed by atoms with E-state index in [1.807, 2.05) is 6.07 Å². The Labute approximate surface area is 127 Å². The van der Waals surface area contributed by atoms with E-state index in [2.05, 4.69) is 10.6 Å². The van der Waals surface area contributed by atoms with Gasteiger partial charge < -0.3 is 16.4 Å². The standard InChI is InChI=1S/C15H14ClN3O2/c16-9-10-3-1-4-11(7-10)14(20)18-12-5-2-6-13(8-12)19-15(17)21/h1-8H,9H2,(H,18,20)(H3,17,19,21). The van der Waals surface area contributed by atoms with Gasteiger partial charge in [0.2, 0.25) is 0 Å². The molecule has 0 aromatic heterocycles. The summed E-state index contributed by atoms with van der Waals surface area (Å²) in [4.78, 5) is 23.0. The van der Waals surface area contributed by atoms with Crippen LogP contribution in [0.1, 0.15) is 15.9 Å². The second kappa shape index (κ2) is 6.76. The van der Waals surface area contributed by atoms with Gasteiger partial charge in [-0.25, -0.2) is 4.79 Å². The normalized spacial score (nSPS) is 9.95. The molecule has 2 aromatic rings. The Morgan fingerprint density at radius 3 is 2.33 bits per heavy atom. The molecule has 6 heteroatoms. The lowest BCUT2D eigenvalue weighted by Gasteiger charge is -2.08. The molecule has 3 amide bonds. The average Bonchev–Trinajstić information content (AvgIpc) is 2.47. The van der Waals surface area contributed by atoms with Crippen molar-refractivity contribution in [1.82, 2.24) is 0 Å². The fourth-order valence-electron chi connectivity index (χ4n) is 1.82. The zero-order valence-electron chi connectivity index (χ0n) is 11.1. The zero-order valence-corrected chi connectivity index (χ0v) is 11.9. The Kier molecular flexibility index (Phi) is 4.79. The molecule has 4 N–H and O–H groups in total. The molecule has 108 valence electrons. The molecule has 0 spiro atoms. The number of hydrogen-bond acceptors (Lipinski definition) is 2. The molecule has 0 unspecified atom stereocenters. The molecular formula is C15H14ClN3O2. The molecule has 0 aliphatic carbocycles. The van der Waals surface area contributed by atoms with Gasteiger partial charge in [-0.05, 0) is 35.9 Å². The molecule has 21 heavy (non-hydrogen) atoms. The Hall–Kier alpha value is -2.53. The first-order valence-electron chi connectivity index (χ1n) is 6.21. The molecule has 2 rings (SSSR count). The van der Waals surface area contributed by atoms with Gasteiger partial charge >= 0.3 is 6.03 Å². The summed E-state index contributed by atoms with van der Waals surface area (Å²) in [5, 5.41) is 5.20. The number of carbonyl (C=O) groups is 2. The Morgan fingerprint density at radius 2 is 1.67 bits per heavy atom. The third-order valence-corrected chi connectivity index (χ3v) is 3.04. The van der Waals surface area contributed by atoms with E-state index in [0.29, 0.717) is 22.8 Å². The minimum Gasteiger partial charge on any atom is -0.351 e. The maximum atomic E-state index is 12.1. The largest absolute Gasteiger partial charge is 0.351 e. The second-order valence-electron chi connectivity index (χ2n) is 4.36. The van der Waals surface area contributed by atoms with Gasteiger partial charge in [-0.3, -0.25) is 4.79 Å². The van der Waals surface area contributed by atoms with Gasteiger partial charge in [-0.1, -0.05) is 18.2 Å². The molecule has 2 aromatic carbocycles. The molecule has 5 nitrogen and oxygen atoms in total. The maximum Gasteiger partial charge on any atom is 0.316 e. The number of rotatable bonds is 4. The lowest BCUT2D eigenvalue weighted by atomic mass is 10.1. The summed E-state index contributed by atoms with van der Waals surface area (Å²) in [5.41, 5.74) is 7.50. The Balaban J connectivity index is 2.13. The summed E-state index contributed by atoms with van der Waals surface area (Å²) in [6.07, 6.45) is 0. The van der Waals surface area contributed by atoms with Crippen LogP contribution < -0.4 is 16.4 Å². The topological polar surface area (TPSA) is 84.2 Å². The van der Waals surface area contributed by atoms with Gasteiger partial charge in [0.15, 0.2) is 0 Å². The van der Waals surface area contributed by atoms with Crippen LogP contribution >= 0.6 is 11.6 Å². The van der Waals surface area contributed by atoms with E-state index in [1.165, 1.54) is 0 Å². The van der Waals surface area contributed by atoms with Gasteiger partial charge in [0, 0.05) is 22.8 Å². The van der Waals surface area contributed by atoms with Crippen LogP contribution in [-0.4, -0.2) is 11.9 Å². The van der Waals surface area contributed by atoms with Crippen molar-refractivity contribution in [3.63, 3.8) is 0 Å². The number of anilines is 2. The number of carbonyl (C=O) groups excluding carboxylic acids is 2. The van der Waals surface area contributed by atoms with Crippen molar-refractivity contribution in [3.05, 3.63) is 59.7 Å². The van der Waals surface area contributed by atoms with Crippen molar-refractivity contribution in [2.24, 2.45) is 5.73 Å². The van der Waals surface area contributed by atoms with Crippen LogP contribution in [0.3, 0.4) is 0 Å². The lowest BCUT2D eigenvalue weighted by Crippen LogP contribution is -2.19. The van der Waals surface area contributed by atoms with Crippen LogP contribution in [0.5, 0.6) is 0 Å². The first kappa shape index (κ1) is 14.9. The molecule has 0 heterocycles. The second-order valence-corrected chi connectivity index (χ2v) is 4.63. The van der Waals surface area contributed by atoms with Crippen LogP contribution in [0.25, 0.3) is 0 Å². The number of nitrogens with one attached hydrogen (secondary N) is 2. The zero-order chi connectivity index (χ0) is 15.2. The van der Waals surface area contributed by atoms with Crippen molar-refractivity contribution in [2.75, 3.05) is 10.6 Å². The number of nitrogens with two attached hydrogens (primary N) is 1. The van der Waals surface area contributed by atoms with Crippen LogP contribution in [0.15, 0.2) is 48.5 Å². The molecule has 0 atom stereocenters.